The molecule has 2 N–H and O–H groups in total. The molecule has 1 aliphatic heterocycles. The zero-order valence-electron chi connectivity index (χ0n) is 14.5. The molecule has 2 aromatic rings. The third-order valence-corrected chi connectivity index (χ3v) is 4.00. The summed E-state index contributed by atoms with van der Waals surface area (Å²) < 4.78 is 11.7. The summed E-state index contributed by atoms with van der Waals surface area (Å²) in [6.07, 6.45) is -0.0445. The number of halogens is 1. The monoisotopic (exact) mass is 453 g/mol. The van der Waals surface area contributed by atoms with Crippen molar-refractivity contribution in [1.29, 1.82) is 0 Å². The van der Waals surface area contributed by atoms with E-state index in [0.717, 1.165) is 24.0 Å². The average molecular weight is 453 g/mol. The number of para-hydroxylation sites is 2. The lowest BCUT2D eigenvalue weighted by Gasteiger charge is -2.27. The Morgan fingerprint density at radius 1 is 1.08 bits per heavy atom. The first-order valence-electron chi connectivity index (χ1n) is 8.14. The topological polar surface area (TPSA) is 54.9 Å². The van der Waals surface area contributed by atoms with Crippen molar-refractivity contribution in [3.8, 4) is 11.5 Å². The molecule has 134 valence electrons. The molecule has 0 radical (unpaired) electrons. The van der Waals surface area contributed by atoms with Gasteiger partial charge in [0, 0.05) is 13.6 Å². The number of fused-ring (bicyclic) bond motifs is 1. The first kappa shape index (κ1) is 19.4. The Kier molecular flexibility index (Phi) is 7.36. The van der Waals surface area contributed by atoms with Crippen LogP contribution >= 0.6 is 24.0 Å². The van der Waals surface area contributed by atoms with Crippen LogP contribution in [0, 0.1) is 6.92 Å². The Labute approximate surface area is 165 Å². The van der Waals surface area contributed by atoms with E-state index in [1.54, 1.807) is 7.05 Å². The summed E-state index contributed by atoms with van der Waals surface area (Å²) in [5.74, 6) is 2.34. The van der Waals surface area contributed by atoms with Crippen LogP contribution in [-0.2, 0) is 6.54 Å². The summed E-state index contributed by atoms with van der Waals surface area (Å²) in [4.78, 5) is 4.26. The van der Waals surface area contributed by atoms with Crippen LogP contribution in [0.15, 0.2) is 53.5 Å². The van der Waals surface area contributed by atoms with Gasteiger partial charge in [-0.25, -0.2) is 0 Å². The molecule has 2 aromatic carbocycles. The van der Waals surface area contributed by atoms with Gasteiger partial charge in [0.1, 0.15) is 12.7 Å². The van der Waals surface area contributed by atoms with Crippen LogP contribution in [0.3, 0.4) is 0 Å². The average Bonchev–Trinajstić information content (AvgIpc) is 2.63. The summed E-state index contributed by atoms with van der Waals surface area (Å²) in [7, 11) is 1.76. The summed E-state index contributed by atoms with van der Waals surface area (Å²) in [6.45, 7) is 4.00. The van der Waals surface area contributed by atoms with Gasteiger partial charge in [-0.2, -0.15) is 0 Å². The summed E-state index contributed by atoms with van der Waals surface area (Å²) in [6, 6.07) is 16.0. The van der Waals surface area contributed by atoms with Crippen molar-refractivity contribution in [2.75, 3.05) is 20.2 Å². The van der Waals surface area contributed by atoms with E-state index in [2.05, 4.69) is 34.7 Å². The molecule has 3 rings (SSSR count). The number of nitrogens with one attached hydrogen (secondary N) is 2. The van der Waals surface area contributed by atoms with Crippen LogP contribution in [0.1, 0.15) is 11.1 Å². The van der Waals surface area contributed by atoms with Crippen molar-refractivity contribution in [2.45, 2.75) is 19.6 Å². The highest BCUT2D eigenvalue weighted by Crippen LogP contribution is 2.30. The molecular weight excluding hydrogens is 429 g/mol. The van der Waals surface area contributed by atoms with E-state index < -0.39 is 0 Å². The molecule has 0 saturated carbocycles. The molecule has 0 aliphatic carbocycles. The van der Waals surface area contributed by atoms with Crippen molar-refractivity contribution < 1.29 is 9.47 Å². The van der Waals surface area contributed by atoms with Crippen molar-refractivity contribution in [3.63, 3.8) is 0 Å². The molecule has 0 aromatic heterocycles. The Hall–Kier alpha value is -1.96. The highest BCUT2D eigenvalue weighted by Gasteiger charge is 2.20. The largest absolute Gasteiger partial charge is 0.486 e. The summed E-state index contributed by atoms with van der Waals surface area (Å²) in [5.41, 5.74) is 2.52. The van der Waals surface area contributed by atoms with Gasteiger partial charge in [-0.3, -0.25) is 4.99 Å². The van der Waals surface area contributed by atoms with Crippen LogP contribution < -0.4 is 20.1 Å². The molecule has 0 amide bonds. The quantitative estimate of drug-likeness (QED) is 0.425. The number of hydrogen-bond acceptors (Lipinski definition) is 3. The minimum atomic E-state index is -0.0445. The molecule has 1 unspecified atom stereocenters. The second kappa shape index (κ2) is 9.50. The predicted octanol–water partition coefficient (Wildman–Crippen LogP) is 3.12. The van der Waals surface area contributed by atoms with Gasteiger partial charge in [-0.05, 0) is 30.2 Å². The van der Waals surface area contributed by atoms with Crippen molar-refractivity contribution in [2.24, 2.45) is 4.99 Å². The fraction of sp³-hybridized carbons (Fsp3) is 0.316. The maximum absolute atomic E-state index is 5.94. The lowest BCUT2D eigenvalue weighted by molar-refractivity contribution is 0.0936. The highest BCUT2D eigenvalue weighted by atomic mass is 127. The van der Waals surface area contributed by atoms with Crippen LogP contribution in [0.25, 0.3) is 0 Å². The third-order valence-electron chi connectivity index (χ3n) is 4.00. The highest BCUT2D eigenvalue weighted by molar-refractivity contribution is 14.0. The molecule has 25 heavy (non-hydrogen) atoms. The van der Waals surface area contributed by atoms with E-state index in [4.69, 9.17) is 9.47 Å². The minimum absolute atomic E-state index is 0. The summed E-state index contributed by atoms with van der Waals surface area (Å²) in [5, 5.41) is 6.62. The lowest BCUT2D eigenvalue weighted by atomic mass is 10.1. The van der Waals surface area contributed by atoms with Gasteiger partial charge < -0.3 is 20.1 Å². The van der Waals surface area contributed by atoms with Gasteiger partial charge in [-0.1, -0.05) is 36.4 Å². The van der Waals surface area contributed by atoms with Gasteiger partial charge in [0.15, 0.2) is 17.5 Å². The number of ether oxygens (including phenoxy) is 2. The Morgan fingerprint density at radius 2 is 1.80 bits per heavy atom. The fourth-order valence-corrected chi connectivity index (χ4v) is 2.58. The second-order valence-corrected chi connectivity index (χ2v) is 5.73. The van der Waals surface area contributed by atoms with Crippen molar-refractivity contribution in [1.82, 2.24) is 10.6 Å². The van der Waals surface area contributed by atoms with Crippen LogP contribution in [-0.4, -0.2) is 32.3 Å². The predicted molar refractivity (Wildman–Crippen MR) is 111 cm³/mol. The van der Waals surface area contributed by atoms with E-state index in [9.17, 15) is 0 Å². The van der Waals surface area contributed by atoms with Gasteiger partial charge in [0.05, 0.1) is 6.54 Å². The number of nitrogens with zero attached hydrogens (tertiary/aromatic N) is 1. The zero-order valence-corrected chi connectivity index (χ0v) is 16.8. The smallest absolute Gasteiger partial charge is 0.191 e. The van der Waals surface area contributed by atoms with E-state index in [1.807, 2.05) is 36.4 Å². The third kappa shape index (κ3) is 5.26. The number of rotatable bonds is 4. The van der Waals surface area contributed by atoms with E-state index in [1.165, 1.54) is 11.1 Å². The molecule has 1 aliphatic rings. The van der Waals surface area contributed by atoms with Crippen LogP contribution in [0.4, 0.5) is 0 Å². The Bertz CT molecular complexity index is 721. The zero-order chi connectivity index (χ0) is 16.8. The fourth-order valence-electron chi connectivity index (χ4n) is 2.58. The SMILES string of the molecule is CN=C(NCc1ccccc1C)NCC1COc2ccccc2O1.I. The summed E-state index contributed by atoms with van der Waals surface area (Å²) >= 11 is 0. The Morgan fingerprint density at radius 3 is 2.56 bits per heavy atom. The Balaban J connectivity index is 0.00000225. The van der Waals surface area contributed by atoms with E-state index in [0.29, 0.717) is 13.2 Å². The lowest BCUT2D eigenvalue weighted by Crippen LogP contribution is -2.45. The molecule has 6 heteroatoms. The molecule has 0 saturated heterocycles. The van der Waals surface area contributed by atoms with Gasteiger partial charge in [0.2, 0.25) is 0 Å². The number of guanidine groups is 1. The first-order chi connectivity index (χ1) is 11.8. The van der Waals surface area contributed by atoms with E-state index >= 15 is 0 Å². The maximum Gasteiger partial charge on any atom is 0.191 e. The van der Waals surface area contributed by atoms with Crippen molar-refractivity contribution in [3.05, 3.63) is 59.7 Å². The molecule has 0 fully saturated rings. The van der Waals surface area contributed by atoms with Crippen molar-refractivity contribution >= 4 is 29.9 Å². The number of hydrogen-bond donors (Lipinski definition) is 2. The minimum Gasteiger partial charge on any atom is -0.486 e. The van der Waals surface area contributed by atoms with Crippen LogP contribution in [0.2, 0.25) is 0 Å². The van der Waals surface area contributed by atoms with E-state index in [-0.39, 0.29) is 30.1 Å². The normalized spacial score (nSPS) is 15.9. The molecule has 0 bridgehead atoms. The van der Waals surface area contributed by atoms with Gasteiger partial charge in [0.25, 0.3) is 0 Å². The first-order valence-corrected chi connectivity index (χ1v) is 8.14. The molecule has 5 nitrogen and oxygen atoms in total. The van der Waals surface area contributed by atoms with Gasteiger partial charge in [-0.15, -0.1) is 24.0 Å². The van der Waals surface area contributed by atoms with Gasteiger partial charge >= 0.3 is 0 Å². The standard InChI is InChI=1S/C19H23N3O2.HI/c1-14-7-3-4-8-15(14)11-21-19(20-2)22-12-16-13-23-17-9-5-6-10-18(17)24-16;/h3-10,16H,11-13H2,1-2H3,(H2,20,21,22);1H. The molecule has 0 spiro atoms. The number of aliphatic imine (C=N–C) groups is 1. The number of benzene rings is 2. The molecular formula is C19H24IN3O2. The molecule has 1 heterocycles. The molecule has 1 atom stereocenters. The van der Waals surface area contributed by atoms with Crippen LogP contribution in [0.5, 0.6) is 11.5 Å². The maximum atomic E-state index is 5.94. The number of aryl methyl sites for hydroxylation is 1. The second-order valence-electron chi connectivity index (χ2n) is 5.73.